The van der Waals surface area contributed by atoms with Gasteiger partial charge in [-0.3, -0.25) is 0 Å². The van der Waals surface area contributed by atoms with Gasteiger partial charge in [-0.05, 0) is 42.0 Å². The Bertz CT molecular complexity index is 735. The molecule has 0 amide bonds. The summed E-state index contributed by atoms with van der Waals surface area (Å²) >= 11 is 0. The van der Waals surface area contributed by atoms with Gasteiger partial charge in [-0.2, -0.15) is 26.3 Å². The number of hydrogen-bond donors (Lipinski definition) is 1. The SMILES string of the molecule is FC(F)(F)c1ccc2c(c1)CC1CC#CC(C(F)(F)F)/C=C\C1CN2. The number of hydrogen-bond acceptors (Lipinski definition) is 1. The van der Waals surface area contributed by atoms with Crippen LogP contribution in [0, 0.1) is 29.6 Å². The predicted molar refractivity (Wildman–Crippen MR) is 81.7 cm³/mol. The molecule has 1 aliphatic carbocycles. The summed E-state index contributed by atoms with van der Waals surface area (Å²) in [6, 6.07) is 3.50. The number of halogens is 6. The summed E-state index contributed by atoms with van der Waals surface area (Å²) in [4.78, 5) is 0. The minimum atomic E-state index is -4.43. The first-order valence-electron chi connectivity index (χ1n) is 7.82. The second-order valence-electron chi connectivity index (χ2n) is 6.31. The zero-order chi connectivity index (χ0) is 18.2. The quantitative estimate of drug-likeness (QED) is 0.388. The number of rotatable bonds is 0. The van der Waals surface area contributed by atoms with E-state index in [0.717, 1.165) is 18.2 Å². The van der Waals surface area contributed by atoms with E-state index in [4.69, 9.17) is 0 Å². The second-order valence-corrected chi connectivity index (χ2v) is 6.31. The third kappa shape index (κ3) is 3.94. The van der Waals surface area contributed by atoms with Crippen LogP contribution in [0.25, 0.3) is 0 Å². The molecule has 0 saturated carbocycles. The van der Waals surface area contributed by atoms with Crippen molar-refractivity contribution in [3.05, 3.63) is 41.5 Å². The molecule has 0 aromatic heterocycles. The number of anilines is 1. The molecule has 3 atom stereocenters. The lowest BCUT2D eigenvalue weighted by molar-refractivity contribution is -0.146. The van der Waals surface area contributed by atoms with Crippen LogP contribution in [0.1, 0.15) is 17.5 Å². The largest absolute Gasteiger partial charge is 0.416 e. The molecule has 1 aliphatic heterocycles. The number of nitrogens with one attached hydrogen (secondary N) is 1. The van der Waals surface area contributed by atoms with Crippen molar-refractivity contribution >= 4 is 5.69 Å². The van der Waals surface area contributed by atoms with E-state index in [1.807, 2.05) is 0 Å². The fourth-order valence-corrected chi connectivity index (χ4v) is 3.18. The fraction of sp³-hybridized carbons (Fsp3) is 0.444. The zero-order valence-electron chi connectivity index (χ0n) is 13.0. The monoisotopic (exact) mass is 359 g/mol. The molecule has 0 bridgehead atoms. The van der Waals surface area contributed by atoms with Crippen LogP contribution < -0.4 is 5.32 Å². The van der Waals surface area contributed by atoms with Crippen LogP contribution >= 0.6 is 0 Å². The standard InChI is InChI=1S/C18H15F6N/c19-17(20,21)14-3-1-2-11-8-13-9-15(18(22,23)24)6-7-16(13)25-10-12(11)4-5-14/h4-7,9,11-12,14,25H,2,8,10H2/b5-4-. The molecule has 0 radical (unpaired) electrons. The van der Waals surface area contributed by atoms with E-state index in [0.29, 0.717) is 24.2 Å². The minimum Gasteiger partial charge on any atom is -0.384 e. The molecule has 25 heavy (non-hydrogen) atoms. The van der Waals surface area contributed by atoms with Crippen molar-refractivity contribution in [3.8, 4) is 11.8 Å². The van der Waals surface area contributed by atoms with Gasteiger partial charge in [0.05, 0.1) is 5.56 Å². The van der Waals surface area contributed by atoms with Crippen LogP contribution in [-0.2, 0) is 12.6 Å². The Morgan fingerprint density at radius 3 is 2.48 bits per heavy atom. The molecular formula is C18H15F6N. The second kappa shape index (κ2) is 6.32. The Labute approximate surface area is 141 Å². The molecule has 0 fully saturated rings. The summed E-state index contributed by atoms with van der Waals surface area (Å²) < 4.78 is 77.3. The molecule has 134 valence electrons. The van der Waals surface area contributed by atoms with Crippen LogP contribution in [0.2, 0.25) is 0 Å². The summed E-state index contributed by atoms with van der Waals surface area (Å²) in [5, 5.41) is 3.06. The minimum absolute atomic E-state index is 0.129. The Kier molecular flexibility index (Phi) is 4.48. The third-order valence-electron chi connectivity index (χ3n) is 4.57. The fourth-order valence-electron chi connectivity index (χ4n) is 3.18. The summed E-state index contributed by atoms with van der Waals surface area (Å²) in [6.45, 7) is 0.367. The summed E-state index contributed by atoms with van der Waals surface area (Å²) in [5.74, 6) is 2.64. The maximum atomic E-state index is 12.9. The number of fused-ring (bicyclic) bond motifs is 2. The highest BCUT2D eigenvalue weighted by Crippen LogP contribution is 2.37. The van der Waals surface area contributed by atoms with Crippen molar-refractivity contribution in [2.75, 3.05) is 11.9 Å². The maximum absolute atomic E-state index is 12.9. The van der Waals surface area contributed by atoms with Gasteiger partial charge in [0.2, 0.25) is 0 Å². The molecule has 1 N–H and O–H groups in total. The molecule has 1 aromatic rings. The summed E-state index contributed by atoms with van der Waals surface area (Å²) in [7, 11) is 0. The van der Waals surface area contributed by atoms with Crippen LogP contribution in [0.15, 0.2) is 30.4 Å². The number of benzene rings is 1. The normalized spacial score (nSPS) is 27.4. The van der Waals surface area contributed by atoms with E-state index in [1.54, 1.807) is 0 Å². The van der Waals surface area contributed by atoms with Gasteiger partial charge in [0, 0.05) is 18.7 Å². The van der Waals surface area contributed by atoms with E-state index in [9.17, 15) is 26.3 Å². The van der Waals surface area contributed by atoms with Gasteiger partial charge in [-0.25, -0.2) is 0 Å². The first kappa shape index (κ1) is 17.7. The van der Waals surface area contributed by atoms with E-state index >= 15 is 0 Å². The molecule has 0 spiro atoms. The van der Waals surface area contributed by atoms with Gasteiger partial charge in [0.1, 0.15) is 5.92 Å². The van der Waals surface area contributed by atoms with Crippen molar-refractivity contribution in [2.24, 2.45) is 17.8 Å². The zero-order valence-corrected chi connectivity index (χ0v) is 13.0. The molecule has 1 heterocycles. The Balaban J connectivity index is 1.88. The van der Waals surface area contributed by atoms with Gasteiger partial charge < -0.3 is 5.32 Å². The molecule has 7 heteroatoms. The summed E-state index contributed by atoms with van der Waals surface area (Å²) in [6.07, 6.45) is -5.73. The Hall–Kier alpha value is -2.10. The van der Waals surface area contributed by atoms with Crippen molar-refractivity contribution in [1.29, 1.82) is 0 Å². The van der Waals surface area contributed by atoms with Gasteiger partial charge in [-0.15, -0.1) is 5.92 Å². The van der Waals surface area contributed by atoms with Crippen LogP contribution in [0.4, 0.5) is 32.0 Å². The average molecular weight is 359 g/mol. The van der Waals surface area contributed by atoms with E-state index in [2.05, 4.69) is 17.2 Å². The number of allylic oxidation sites excluding steroid dienone is 1. The first-order valence-corrected chi connectivity index (χ1v) is 7.82. The van der Waals surface area contributed by atoms with Gasteiger partial charge >= 0.3 is 12.4 Å². The first-order chi connectivity index (χ1) is 11.6. The van der Waals surface area contributed by atoms with E-state index < -0.39 is 23.8 Å². The van der Waals surface area contributed by atoms with Crippen LogP contribution in [0.5, 0.6) is 0 Å². The van der Waals surface area contributed by atoms with Crippen LogP contribution in [-0.4, -0.2) is 12.7 Å². The van der Waals surface area contributed by atoms with E-state index in [-0.39, 0.29) is 18.3 Å². The molecule has 2 aliphatic rings. The predicted octanol–water partition coefficient (Wildman–Crippen LogP) is 5.05. The molecule has 0 saturated heterocycles. The average Bonchev–Trinajstić information content (AvgIpc) is 2.63. The van der Waals surface area contributed by atoms with E-state index in [1.165, 1.54) is 12.1 Å². The topological polar surface area (TPSA) is 12.0 Å². The van der Waals surface area contributed by atoms with Gasteiger partial charge in [-0.1, -0.05) is 18.1 Å². The summed E-state index contributed by atoms with van der Waals surface area (Å²) in [5.41, 5.74) is 0.384. The Morgan fingerprint density at radius 1 is 1.04 bits per heavy atom. The van der Waals surface area contributed by atoms with Crippen molar-refractivity contribution in [3.63, 3.8) is 0 Å². The van der Waals surface area contributed by atoms with Crippen molar-refractivity contribution < 1.29 is 26.3 Å². The lowest BCUT2D eigenvalue weighted by Crippen LogP contribution is -2.24. The molecule has 1 aromatic carbocycles. The lowest BCUT2D eigenvalue weighted by atomic mass is 9.83. The molecule has 3 unspecified atom stereocenters. The molecular weight excluding hydrogens is 344 g/mol. The third-order valence-corrected chi connectivity index (χ3v) is 4.57. The molecule has 3 rings (SSSR count). The molecule has 1 nitrogen and oxygen atoms in total. The van der Waals surface area contributed by atoms with Gasteiger partial charge in [0.15, 0.2) is 0 Å². The highest BCUT2D eigenvalue weighted by Gasteiger charge is 2.38. The highest BCUT2D eigenvalue weighted by atomic mass is 19.4. The van der Waals surface area contributed by atoms with Gasteiger partial charge in [0.25, 0.3) is 0 Å². The Morgan fingerprint density at radius 2 is 1.80 bits per heavy atom. The van der Waals surface area contributed by atoms with Crippen molar-refractivity contribution in [2.45, 2.75) is 25.2 Å². The maximum Gasteiger partial charge on any atom is 0.416 e. The lowest BCUT2D eigenvalue weighted by Gasteiger charge is -2.22. The number of alkyl halides is 6. The van der Waals surface area contributed by atoms with Crippen molar-refractivity contribution in [1.82, 2.24) is 0 Å². The van der Waals surface area contributed by atoms with Crippen LogP contribution in [0.3, 0.4) is 0 Å². The smallest absolute Gasteiger partial charge is 0.384 e. The highest BCUT2D eigenvalue weighted by molar-refractivity contribution is 5.54.